The molecular formula is C23H30N4O3. The summed E-state index contributed by atoms with van der Waals surface area (Å²) in [7, 11) is 1.72. The van der Waals surface area contributed by atoms with Gasteiger partial charge in [-0.3, -0.25) is 19.4 Å². The monoisotopic (exact) mass is 410 g/mol. The molecule has 3 heterocycles. The molecule has 1 saturated carbocycles. The largest absolute Gasteiger partial charge is 0.327 e. The molecule has 30 heavy (non-hydrogen) atoms. The number of nitrogens with zero attached hydrogens (tertiary/aromatic N) is 4. The summed E-state index contributed by atoms with van der Waals surface area (Å²) >= 11 is 0. The summed E-state index contributed by atoms with van der Waals surface area (Å²) < 4.78 is 0. The molecule has 0 N–H and O–H groups in total. The average molecular weight is 411 g/mol. The molecule has 5 rings (SSSR count). The highest BCUT2D eigenvalue weighted by Crippen LogP contribution is 2.39. The first-order chi connectivity index (χ1) is 14.5. The molecule has 1 aromatic carbocycles. The molecule has 7 nitrogen and oxygen atoms in total. The second kappa shape index (κ2) is 7.38. The fraction of sp³-hybridized carbons (Fsp3) is 0.609. The Morgan fingerprint density at radius 1 is 1.10 bits per heavy atom. The molecule has 7 heteroatoms. The van der Waals surface area contributed by atoms with Crippen LogP contribution in [0.4, 0.5) is 10.5 Å². The van der Waals surface area contributed by atoms with Crippen LogP contribution in [-0.2, 0) is 16.1 Å². The van der Waals surface area contributed by atoms with E-state index in [2.05, 4.69) is 11.0 Å². The number of rotatable bonds is 2. The normalized spacial score (nSPS) is 26.2. The van der Waals surface area contributed by atoms with E-state index >= 15 is 0 Å². The van der Waals surface area contributed by atoms with Crippen molar-refractivity contribution >= 4 is 23.5 Å². The molecule has 1 atom stereocenters. The number of urea groups is 1. The van der Waals surface area contributed by atoms with E-state index in [1.807, 2.05) is 23.1 Å². The number of carbonyl (C=O) groups is 3. The molecule has 4 amide bonds. The molecule has 1 unspecified atom stereocenters. The van der Waals surface area contributed by atoms with Crippen molar-refractivity contribution < 1.29 is 14.4 Å². The van der Waals surface area contributed by atoms with Crippen molar-refractivity contribution in [1.82, 2.24) is 14.7 Å². The average Bonchev–Trinajstić information content (AvgIpc) is 3.21. The molecular weight excluding hydrogens is 380 g/mol. The number of likely N-dealkylation sites (N-methyl/N-ethyl adjacent to an activating group) is 1. The summed E-state index contributed by atoms with van der Waals surface area (Å²) in [5.41, 5.74) is 1.31. The van der Waals surface area contributed by atoms with Gasteiger partial charge in [-0.2, -0.15) is 0 Å². The first-order valence-electron chi connectivity index (χ1n) is 11.2. The lowest BCUT2D eigenvalue weighted by Gasteiger charge is -2.35. The highest BCUT2D eigenvalue weighted by Gasteiger charge is 2.56. The lowest BCUT2D eigenvalue weighted by atomic mass is 9.81. The maximum atomic E-state index is 13.5. The van der Waals surface area contributed by atoms with Crippen molar-refractivity contribution in [2.24, 2.45) is 0 Å². The van der Waals surface area contributed by atoms with Gasteiger partial charge in [0, 0.05) is 31.9 Å². The van der Waals surface area contributed by atoms with E-state index in [-0.39, 0.29) is 24.4 Å². The minimum absolute atomic E-state index is 0.167. The number of imide groups is 1. The Bertz CT molecular complexity index is 879. The van der Waals surface area contributed by atoms with E-state index in [4.69, 9.17) is 0 Å². The van der Waals surface area contributed by atoms with Gasteiger partial charge >= 0.3 is 6.03 Å². The van der Waals surface area contributed by atoms with Crippen LogP contribution in [-0.4, -0.2) is 70.8 Å². The SMILES string of the molecule is CN1C(=O)N(CC(=O)N2CC3CCCN3Cc3ccccc32)C(=O)C12CCCCC2. The van der Waals surface area contributed by atoms with Crippen molar-refractivity contribution in [2.75, 3.05) is 31.6 Å². The van der Waals surface area contributed by atoms with Gasteiger partial charge in [0.2, 0.25) is 5.91 Å². The summed E-state index contributed by atoms with van der Waals surface area (Å²) in [6.07, 6.45) is 6.60. The van der Waals surface area contributed by atoms with Gasteiger partial charge in [-0.15, -0.1) is 0 Å². The Kier molecular flexibility index (Phi) is 4.81. The maximum absolute atomic E-state index is 13.5. The zero-order valence-corrected chi connectivity index (χ0v) is 17.7. The van der Waals surface area contributed by atoms with Gasteiger partial charge in [-0.1, -0.05) is 37.5 Å². The predicted octanol–water partition coefficient (Wildman–Crippen LogP) is 2.59. The number of benzene rings is 1. The quantitative estimate of drug-likeness (QED) is 0.703. The third-order valence-corrected chi connectivity index (χ3v) is 7.63. The van der Waals surface area contributed by atoms with Gasteiger partial charge in [-0.05, 0) is 43.9 Å². The topological polar surface area (TPSA) is 64.2 Å². The minimum Gasteiger partial charge on any atom is -0.313 e. The van der Waals surface area contributed by atoms with Gasteiger partial charge in [0.15, 0.2) is 0 Å². The molecule has 0 aromatic heterocycles. The fourth-order valence-corrected chi connectivity index (χ4v) is 5.87. The van der Waals surface area contributed by atoms with E-state index in [1.54, 1.807) is 11.9 Å². The van der Waals surface area contributed by atoms with Crippen LogP contribution >= 0.6 is 0 Å². The Labute approximate surface area is 177 Å². The maximum Gasteiger partial charge on any atom is 0.327 e. The molecule has 3 fully saturated rings. The van der Waals surface area contributed by atoms with Gasteiger partial charge in [0.25, 0.3) is 5.91 Å². The van der Waals surface area contributed by atoms with Crippen molar-refractivity contribution in [1.29, 1.82) is 0 Å². The first-order valence-corrected chi connectivity index (χ1v) is 11.2. The van der Waals surface area contributed by atoms with Crippen LogP contribution in [0.15, 0.2) is 24.3 Å². The lowest BCUT2D eigenvalue weighted by Crippen LogP contribution is -2.50. The van der Waals surface area contributed by atoms with Crippen molar-refractivity contribution in [3.63, 3.8) is 0 Å². The molecule has 0 radical (unpaired) electrons. The third-order valence-electron chi connectivity index (χ3n) is 7.63. The van der Waals surface area contributed by atoms with Gasteiger partial charge < -0.3 is 9.80 Å². The van der Waals surface area contributed by atoms with Crippen molar-refractivity contribution in [3.05, 3.63) is 29.8 Å². The van der Waals surface area contributed by atoms with Gasteiger partial charge in [0.1, 0.15) is 12.1 Å². The fourth-order valence-electron chi connectivity index (χ4n) is 5.87. The second-order valence-corrected chi connectivity index (χ2v) is 9.22. The Morgan fingerprint density at radius 2 is 1.87 bits per heavy atom. The molecule has 0 bridgehead atoms. The number of carbonyl (C=O) groups excluding carboxylic acids is 3. The number of para-hydroxylation sites is 1. The zero-order chi connectivity index (χ0) is 20.9. The molecule has 1 aromatic rings. The molecule has 2 saturated heterocycles. The highest BCUT2D eigenvalue weighted by atomic mass is 16.2. The van der Waals surface area contributed by atoms with Gasteiger partial charge in [0.05, 0.1) is 0 Å². The third kappa shape index (κ3) is 2.94. The number of hydrogen-bond donors (Lipinski definition) is 0. The number of amides is 4. The Morgan fingerprint density at radius 3 is 2.67 bits per heavy atom. The Hall–Kier alpha value is -2.41. The van der Waals surface area contributed by atoms with Crippen LogP contribution in [0.5, 0.6) is 0 Å². The Balaban J connectivity index is 1.41. The van der Waals surface area contributed by atoms with E-state index in [0.29, 0.717) is 25.4 Å². The van der Waals surface area contributed by atoms with Crippen LogP contribution < -0.4 is 4.90 Å². The van der Waals surface area contributed by atoms with Crippen LogP contribution in [0, 0.1) is 0 Å². The summed E-state index contributed by atoms with van der Waals surface area (Å²) in [4.78, 5) is 46.8. The highest BCUT2D eigenvalue weighted by molar-refractivity contribution is 6.10. The van der Waals surface area contributed by atoms with Crippen LogP contribution in [0.1, 0.15) is 50.5 Å². The standard InChI is InChI=1S/C23H30N4O3/c1-24-22(30)27(21(29)23(24)11-5-2-6-12-23)16-20(28)26-15-18-9-7-13-25(18)14-17-8-3-4-10-19(17)26/h3-4,8,10,18H,2,5-7,9,11-16H2,1H3. The van der Waals surface area contributed by atoms with E-state index < -0.39 is 5.54 Å². The van der Waals surface area contributed by atoms with E-state index in [0.717, 1.165) is 56.4 Å². The number of fused-ring (bicyclic) bond motifs is 2. The summed E-state index contributed by atoms with van der Waals surface area (Å²) in [5.74, 6) is -0.354. The smallest absolute Gasteiger partial charge is 0.313 e. The molecule has 3 aliphatic heterocycles. The van der Waals surface area contributed by atoms with Gasteiger partial charge in [-0.25, -0.2) is 4.79 Å². The van der Waals surface area contributed by atoms with Crippen LogP contribution in [0.3, 0.4) is 0 Å². The van der Waals surface area contributed by atoms with Crippen LogP contribution in [0.2, 0.25) is 0 Å². The predicted molar refractivity (Wildman–Crippen MR) is 113 cm³/mol. The lowest BCUT2D eigenvalue weighted by molar-refractivity contribution is -0.136. The molecule has 160 valence electrons. The van der Waals surface area contributed by atoms with E-state index in [9.17, 15) is 14.4 Å². The van der Waals surface area contributed by atoms with E-state index in [1.165, 1.54) is 4.90 Å². The second-order valence-electron chi connectivity index (χ2n) is 9.22. The van der Waals surface area contributed by atoms with Crippen LogP contribution in [0.25, 0.3) is 0 Å². The first kappa shape index (κ1) is 19.5. The molecule has 1 spiro atoms. The number of hydrogen-bond acceptors (Lipinski definition) is 4. The molecule has 4 aliphatic rings. The molecule has 1 aliphatic carbocycles. The number of anilines is 1. The minimum atomic E-state index is -0.742. The zero-order valence-electron chi connectivity index (χ0n) is 17.7. The summed E-state index contributed by atoms with van der Waals surface area (Å²) in [6.45, 7) is 2.34. The summed E-state index contributed by atoms with van der Waals surface area (Å²) in [5, 5.41) is 0. The van der Waals surface area contributed by atoms with Crippen molar-refractivity contribution in [2.45, 2.75) is 63.1 Å². The summed E-state index contributed by atoms with van der Waals surface area (Å²) in [6, 6.07) is 8.02. The van der Waals surface area contributed by atoms with Crippen molar-refractivity contribution in [3.8, 4) is 0 Å².